The highest BCUT2D eigenvalue weighted by molar-refractivity contribution is 5.85. The van der Waals surface area contributed by atoms with Crippen molar-refractivity contribution in [1.29, 1.82) is 0 Å². The van der Waals surface area contributed by atoms with Crippen LogP contribution in [0.15, 0.2) is 12.4 Å². The molecule has 1 aromatic heterocycles. The molecule has 1 rings (SSSR count). The molecule has 3 N–H and O–H groups in total. The van der Waals surface area contributed by atoms with E-state index >= 15 is 0 Å². The number of aryl methyl sites for hydroxylation is 1. The summed E-state index contributed by atoms with van der Waals surface area (Å²) in [5.74, 6) is 0.110. The summed E-state index contributed by atoms with van der Waals surface area (Å²) < 4.78 is 1.74. The van der Waals surface area contributed by atoms with Gasteiger partial charge in [0.15, 0.2) is 0 Å². The Hall–Kier alpha value is -1.07. The van der Waals surface area contributed by atoms with Gasteiger partial charge in [-0.3, -0.25) is 9.48 Å². The van der Waals surface area contributed by atoms with Gasteiger partial charge in [-0.15, -0.1) is 12.4 Å². The number of carbonyl (C=O) groups excluding carboxylic acids is 1. The van der Waals surface area contributed by atoms with E-state index in [1.807, 2.05) is 20.2 Å². The predicted octanol–water partition coefficient (Wildman–Crippen LogP) is 1.93. The number of nitrogens with one attached hydrogen (secondary N) is 1. The number of amides is 1. The van der Waals surface area contributed by atoms with E-state index in [9.17, 15) is 4.79 Å². The third-order valence-electron chi connectivity index (χ3n) is 2.96. The first-order valence-corrected chi connectivity index (χ1v) is 6.61. The van der Waals surface area contributed by atoms with Gasteiger partial charge in [-0.2, -0.15) is 5.10 Å². The fourth-order valence-corrected chi connectivity index (χ4v) is 1.84. The Balaban J connectivity index is 0.00000324. The number of nitrogens with zero attached hydrogens (tertiary/aromatic N) is 2. The molecule has 0 bridgehead atoms. The van der Waals surface area contributed by atoms with Crippen LogP contribution in [0.25, 0.3) is 0 Å². The number of hydrogen-bond acceptors (Lipinski definition) is 3. The average Bonchev–Trinajstić information content (AvgIpc) is 2.75. The minimum atomic E-state index is 0. The molecule has 1 aromatic rings. The lowest BCUT2D eigenvalue weighted by Gasteiger charge is -2.11. The summed E-state index contributed by atoms with van der Waals surface area (Å²) in [6.07, 6.45) is 8.47. The molecule has 1 heterocycles. The highest BCUT2D eigenvalue weighted by Gasteiger charge is 2.10. The van der Waals surface area contributed by atoms with Crippen molar-refractivity contribution >= 4 is 18.3 Å². The van der Waals surface area contributed by atoms with Crippen LogP contribution in [0.1, 0.15) is 50.6 Å². The second kappa shape index (κ2) is 9.81. The first kappa shape index (κ1) is 17.9. The normalized spacial score (nSPS) is 11.7. The molecular weight excluding hydrogens is 264 g/mol. The van der Waals surface area contributed by atoms with Crippen molar-refractivity contribution in [3.8, 4) is 0 Å². The molecule has 5 nitrogen and oxygen atoms in total. The molecule has 1 amide bonds. The van der Waals surface area contributed by atoms with Gasteiger partial charge < -0.3 is 11.1 Å². The topological polar surface area (TPSA) is 72.9 Å². The maximum Gasteiger partial charge on any atom is 0.220 e. The van der Waals surface area contributed by atoms with Crippen LogP contribution < -0.4 is 11.1 Å². The first-order valence-electron chi connectivity index (χ1n) is 6.61. The van der Waals surface area contributed by atoms with Crippen LogP contribution in [0.4, 0.5) is 0 Å². The Morgan fingerprint density at radius 2 is 2.11 bits per heavy atom. The minimum absolute atomic E-state index is 0. The van der Waals surface area contributed by atoms with Gasteiger partial charge in [0.25, 0.3) is 0 Å². The highest BCUT2D eigenvalue weighted by Crippen LogP contribution is 2.11. The molecule has 0 aliphatic carbocycles. The largest absolute Gasteiger partial charge is 0.349 e. The second-order valence-electron chi connectivity index (χ2n) is 4.69. The Morgan fingerprint density at radius 3 is 2.68 bits per heavy atom. The fraction of sp³-hybridized carbons (Fsp3) is 0.692. The fourth-order valence-electron chi connectivity index (χ4n) is 1.84. The molecule has 0 spiro atoms. The van der Waals surface area contributed by atoms with Crippen LogP contribution in [-0.4, -0.2) is 22.2 Å². The highest BCUT2D eigenvalue weighted by atomic mass is 35.5. The van der Waals surface area contributed by atoms with Gasteiger partial charge in [-0.1, -0.05) is 12.8 Å². The Morgan fingerprint density at radius 1 is 1.42 bits per heavy atom. The number of rotatable bonds is 8. The maximum atomic E-state index is 11.7. The molecule has 0 aromatic carbocycles. The second-order valence-corrected chi connectivity index (χ2v) is 4.69. The van der Waals surface area contributed by atoms with E-state index in [1.54, 1.807) is 10.9 Å². The number of aromatic nitrogens is 2. The molecule has 0 fully saturated rings. The van der Waals surface area contributed by atoms with Crippen molar-refractivity contribution in [3.63, 3.8) is 0 Å². The van der Waals surface area contributed by atoms with Gasteiger partial charge >= 0.3 is 0 Å². The Labute approximate surface area is 121 Å². The van der Waals surface area contributed by atoms with Crippen molar-refractivity contribution in [2.75, 3.05) is 6.54 Å². The lowest BCUT2D eigenvalue weighted by molar-refractivity contribution is -0.121. The number of carbonyl (C=O) groups is 1. The van der Waals surface area contributed by atoms with Crippen LogP contribution in [0.2, 0.25) is 0 Å². The van der Waals surface area contributed by atoms with Crippen LogP contribution in [0.3, 0.4) is 0 Å². The zero-order valence-electron chi connectivity index (χ0n) is 11.8. The Bertz CT molecular complexity index is 367. The van der Waals surface area contributed by atoms with Crippen molar-refractivity contribution in [2.45, 2.75) is 45.1 Å². The molecule has 1 unspecified atom stereocenters. The summed E-state index contributed by atoms with van der Waals surface area (Å²) in [5.41, 5.74) is 6.45. The standard InChI is InChI=1S/C13H24N4O.ClH/c1-11(12-9-15-17(2)10-12)16-13(18)7-5-3-4-6-8-14;/h9-11H,3-8,14H2,1-2H3,(H,16,18);1H. The molecule has 0 radical (unpaired) electrons. The zero-order chi connectivity index (χ0) is 13.4. The number of halogens is 1. The van der Waals surface area contributed by atoms with Gasteiger partial charge in [0.2, 0.25) is 5.91 Å². The van der Waals surface area contributed by atoms with Gasteiger partial charge in [-0.25, -0.2) is 0 Å². The number of hydrogen-bond donors (Lipinski definition) is 2. The van der Waals surface area contributed by atoms with E-state index in [4.69, 9.17) is 5.73 Å². The van der Waals surface area contributed by atoms with E-state index in [0.29, 0.717) is 6.42 Å². The van der Waals surface area contributed by atoms with E-state index in [-0.39, 0.29) is 24.4 Å². The average molecular weight is 289 g/mol. The summed E-state index contributed by atoms with van der Waals surface area (Å²) in [6, 6.07) is 0.0234. The van der Waals surface area contributed by atoms with Gasteiger partial charge in [0, 0.05) is 25.2 Å². The number of unbranched alkanes of at least 4 members (excludes halogenated alkanes) is 3. The van der Waals surface area contributed by atoms with Crippen molar-refractivity contribution in [2.24, 2.45) is 12.8 Å². The monoisotopic (exact) mass is 288 g/mol. The summed E-state index contributed by atoms with van der Waals surface area (Å²) in [5, 5.41) is 7.08. The van der Waals surface area contributed by atoms with Gasteiger partial charge in [0.05, 0.1) is 12.2 Å². The first-order chi connectivity index (χ1) is 8.63. The summed E-state index contributed by atoms with van der Waals surface area (Å²) in [6.45, 7) is 2.72. The van der Waals surface area contributed by atoms with E-state index in [2.05, 4.69) is 10.4 Å². The van der Waals surface area contributed by atoms with Crippen LogP contribution in [0, 0.1) is 0 Å². The van der Waals surface area contributed by atoms with Gasteiger partial charge in [0.1, 0.15) is 0 Å². The smallest absolute Gasteiger partial charge is 0.220 e. The van der Waals surface area contributed by atoms with E-state index < -0.39 is 0 Å². The summed E-state index contributed by atoms with van der Waals surface area (Å²) in [7, 11) is 1.87. The third kappa shape index (κ3) is 7.18. The van der Waals surface area contributed by atoms with Crippen LogP contribution in [0.5, 0.6) is 0 Å². The summed E-state index contributed by atoms with van der Waals surface area (Å²) >= 11 is 0. The predicted molar refractivity (Wildman–Crippen MR) is 79.2 cm³/mol. The van der Waals surface area contributed by atoms with Crippen LogP contribution >= 0.6 is 12.4 Å². The van der Waals surface area contributed by atoms with Gasteiger partial charge in [-0.05, 0) is 26.3 Å². The van der Waals surface area contributed by atoms with E-state index in [0.717, 1.165) is 37.8 Å². The third-order valence-corrected chi connectivity index (χ3v) is 2.96. The minimum Gasteiger partial charge on any atom is -0.349 e. The quantitative estimate of drug-likeness (QED) is 0.718. The SMILES string of the molecule is CC(NC(=O)CCCCCCN)c1cnn(C)c1.Cl. The van der Waals surface area contributed by atoms with Crippen molar-refractivity contribution < 1.29 is 4.79 Å². The lowest BCUT2D eigenvalue weighted by Crippen LogP contribution is -2.26. The van der Waals surface area contributed by atoms with Crippen molar-refractivity contribution in [1.82, 2.24) is 15.1 Å². The van der Waals surface area contributed by atoms with E-state index in [1.165, 1.54) is 0 Å². The molecular formula is C13H25ClN4O. The molecule has 19 heavy (non-hydrogen) atoms. The maximum absolute atomic E-state index is 11.7. The molecule has 0 saturated carbocycles. The van der Waals surface area contributed by atoms with Crippen molar-refractivity contribution in [3.05, 3.63) is 18.0 Å². The zero-order valence-corrected chi connectivity index (χ0v) is 12.6. The Kier molecular flexibility index (Phi) is 9.26. The lowest BCUT2D eigenvalue weighted by atomic mass is 10.1. The number of nitrogens with two attached hydrogens (primary N) is 1. The summed E-state index contributed by atoms with van der Waals surface area (Å²) in [4.78, 5) is 11.7. The van der Waals surface area contributed by atoms with Crippen LogP contribution in [-0.2, 0) is 11.8 Å². The molecule has 0 aliphatic heterocycles. The molecule has 1 atom stereocenters. The molecule has 6 heteroatoms. The molecule has 110 valence electrons. The molecule has 0 aliphatic rings. The molecule has 0 saturated heterocycles.